The molecule has 1 saturated heterocycles. The number of hydrogen-bond acceptors (Lipinski definition) is 5. The van der Waals surface area contributed by atoms with Crippen LogP contribution < -0.4 is 10.7 Å². The van der Waals surface area contributed by atoms with Crippen LogP contribution in [0.25, 0.3) is 0 Å². The van der Waals surface area contributed by atoms with E-state index in [1.807, 2.05) is 11.8 Å². The minimum atomic E-state index is -5.13. The van der Waals surface area contributed by atoms with Gasteiger partial charge >= 0.3 is 18.5 Å². The number of guanidine groups is 1. The molecule has 2 N–H and O–H groups in total. The molecule has 0 bridgehead atoms. The molecule has 49 heavy (non-hydrogen) atoms. The molecule has 0 amide bonds. The Labute approximate surface area is 275 Å². The molecule has 17 heteroatoms. The summed E-state index contributed by atoms with van der Waals surface area (Å²) in [4.78, 5) is 5.19. The molecule has 0 aromatic heterocycles. The van der Waals surface area contributed by atoms with E-state index in [1.165, 1.54) is 25.2 Å². The average Bonchev–Trinajstić information content (AvgIpc) is 3.03. The number of alkyl halides is 9. The van der Waals surface area contributed by atoms with Gasteiger partial charge in [-0.3, -0.25) is 4.90 Å². The summed E-state index contributed by atoms with van der Waals surface area (Å²) < 4.78 is 137. The fraction of sp³-hybridized carbons (Fsp3) is 0.406. The third kappa shape index (κ3) is 9.39. The minimum Gasteiger partial charge on any atom is -0.369 e. The van der Waals surface area contributed by atoms with Gasteiger partial charge in [0.2, 0.25) is 0 Å². The second-order valence-corrected chi connectivity index (χ2v) is 11.3. The van der Waals surface area contributed by atoms with Crippen molar-refractivity contribution < 1.29 is 43.9 Å². The van der Waals surface area contributed by atoms with Crippen LogP contribution in [0, 0.1) is 5.82 Å². The molecule has 1 heterocycles. The zero-order chi connectivity index (χ0) is 36.1. The highest BCUT2D eigenvalue weighted by atomic mass is 19.4. The SMILES string of the molecule is CCC(c1ccc(C(F)(F)F)cc1CN(Cc1cc(C(F)(F)F)cc(C(F)(F)F)c1)C(N=NC)=NN)N1CCN(c2ccc(F)cc2)CC1. The molecule has 1 atom stereocenters. The van der Waals surface area contributed by atoms with Crippen LogP contribution in [0.4, 0.5) is 49.6 Å². The Balaban J connectivity index is 1.74. The Kier molecular flexibility index (Phi) is 11.5. The van der Waals surface area contributed by atoms with Crippen molar-refractivity contribution in [3.8, 4) is 0 Å². The fourth-order valence-corrected chi connectivity index (χ4v) is 5.86. The van der Waals surface area contributed by atoms with Crippen molar-refractivity contribution in [2.45, 2.75) is 51.0 Å². The lowest BCUT2D eigenvalue weighted by molar-refractivity contribution is -0.143. The van der Waals surface area contributed by atoms with Gasteiger partial charge in [0.1, 0.15) is 5.82 Å². The first-order valence-electron chi connectivity index (χ1n) is 15.0. The van der Waals surface area contributed by atoms with Gasteiger partial charge in [-0.15, -0.1) is 10.2 Å². The van der Waals surface area contributed by atoms with E-state index < -0.39 is 65.9 Å². The summed E-state index contributed by atoms with van der Waals surface area (Å²) in [5, 5.41) is 10.8. The molecular formula is C32H33F10N7. The second kappa shape index (κ2) is 15.0. The number of hydrazone groups is 1. The van der Waals surface area contributed by atoms with Gasteiger partial charge in [0.25, 0.3) is 5.96 Å². The molecule has 3 aromatic rings. The largest absolute Gasteiger partial charge is 0.416 e. The van der Waals surface area contributed by atoms with E-state index in [0.29, 0.717) is 50.3 Å². The molecule has 1 unspecified atom stereocenters. The summed E-state index contributed by atoms with van der Waals surface area (Å²) in [7, 11) is 1.21. The van der Waals surface area contributed by atoms with E-state index in [1.54, 1.807) is 12.1 Å². The number of nitrogens with zero attached hydrogens (tertiary/aromatic N) is 6. The summed E-state index contributed by atoms with van der Waals surface area (Å²) in [6.45, 7) is 2.72. The Hall–Kier alpha value is -4.41. The van der Waals surface area contributed by atoms with Gasteiger partial charge in [0.05, 0.1) is 16.7 Å². The van der Waals surface area contributed by atoms with Gasteiger partial charge in [-0.05, 0) is 77.7 Å². The molecule has 0 spiro atoms. The summed E-state index contributed by atoms with van der Waals surface area (Å²) in [6, 6.07) is 9.71. The predicted octanol–water partition coefficient (Wildman–Crippen LogP) is 8.47. The third-order valence-electron chi connectivity index (χ3n) is 8.13. The Morgan fingerprint density at radius 2 is 1.35 bits per heavy atom. The number of halogens is 10. The maximum absolute atomic E-state index is 14.0. The lowest BCUT2D eigenvalue weighted by Gasteiger charge is -2.41. The lowest BCUT2D eigenvalue weighted by atomic mass is 9.93. The molecule has 1 aliphatic rings. The second-order valence-electron chi connectivity index (χ2n) is 11.3. The molecule has 4 rings (SSSR count). The standard InChI is InChI=1S/C32H33F10N7/c1-3-28(48-12-10-47(11-13-48)26-7-5-25(33)6-8-26)27-9-4-22(30(34,35)36)16-21(27)19-49(29(45-43)46-44-2)18-20-14-23(31(37,38)39)17-24(15-20)32(40,41)42/h4-9,14-17,28H,3,10-13,18-19,43H2,1-2H3. The molecule has 7 nitrogen and oxygen atoms in total. The number of piperazine rings is 1. The van der Waals surface area contributed by atoms with Gasteiger partial charge in [0.15, 0.2) is 0 Å². The zero-order valence-corrected chi connectivity index (χ0v) is 26.3. The van der Waals surface area contributed by atoms with Crippen LogP contribution in [0.5, 0.6) is 0 Å². The van der Waals surface area contributed by atoms with Crippen LogP contribution in [-0.2, 0) is 31.6 Å². The highest BCUT2D eigenvalue weighted by Crippen LogP contribution is 2.38. The number of benzene rings is 3. The van der Waals surface area contributed by atoms with E-state index in [0.717, 1.165) is 22.7 Å². The van der Waals surface area contributed by atoms with Gasteiger partial charge in [-0.2, -0.15) is 44.6 Å². The highest BCUT2D eigenvalue weighted by Gasteiger charge is 2.38. The summed E-state index contributed by atoms with van der Waals surface area (Å²) in [5.41, 5.74) is -3.26. The van der Waals surface area contributed by atoms with Crippen molar-refractivity contribution in [2.75, 3.05) is 38.1 Å². The minimum absolute atomic E-state index is 0.0237. The van der Waals surface area contributed by atoms with Crippen molar-refractivity contribution in [1.29, 1.82) is 0 Å². The molecule has 0 radical (unpaired) electrons. The molecule has 0 saturated carbocycles. The average molecular weight is 706 g/mol. The summed E-state index contributed by atoms with van der Waals surface area (Å²) in [6.07, 6.45) is -14.6. The summed E-state index contributed by atoms with van der Waals surface area (Å²) in [5.74, 6) is 4.68. The quantitative estimate of drug-likeness (QED) is 0.0638. The first-order chi connectivity index (χ1) is 22.9. The monoisotopic (exact) mass is 705 g/mol. The topological polar surface area (TPSA) is 72.8 Å². The molecule has 266 valence electrons. The van der Waals surface area contributed by atoms with Crippen molar-refractivity contribution in [1.82, 2.24) is 9.80 Å². The predicted molar refractivity (Wildman–Crippen MR) is 163 cm³/mol. The van der Waals surface area contributed by atoms with E-state index in [4.69, 9.17) is 5.84 Å². The normalized spacial score (nSPS) is 16.0. The van der Waals surface area contributed by atoms with E-state index in [9.17, 15) is 43.9 Å². The maximum Gasteiger partial charge on any atom is 0.416 e. The Morgan fingerprint density at radius 1 is 0.776 bits per heavy atom. The number of hydrogen-bond donors (Lipinski definition) is 1. The lowest BCUT2D eigenvalue weighted by Crippen LogP contribution is -2.47. The van der Waals surface area contributed by atoms with Crippen molar-refractivity contribution in [2.24, 2.45) is 21.2 Å². The van der Waals surface area contributed by atoms with Gasteiger partial charge in [0, 0.05) is 58.0 Å². The zero-order valence-electron chi connectivity index (χ0n) is 26.3. The Morgan fingerprint density at radius 3 is 1.84 bits per heavy atom. The Bertz CT molecular complexity index is 1590. The van der Waals surface area contributed by atoms with Gasteiger partial charge in [-0.25, -0.2) is 4.39 Å². The van der Waals surface area contributed by atoms with Crippen LogP contribution in [0.1, 0.15) is 52.8 Å². The van der Waals surface area contributed by atoms with E-state index in [2.05, 4.69) is 20.2 Å². The highest BCUT2D eigenvalue weighted by molar-refractivity contribution is 5.80. The van der Waals surface area contributed by atoms with Gasteiger partial charge in [-0.1, -0.05) is 13.0 Å². The van der Waals surface area contributed by atoms with Crippen LogP contribution >= 0.6 is 0 Å². The van der Waals surface area contributed by atoms with Crippen LogP contribution in [0.15, 0.2) is 76.0 Å². The molecule has 3 aromatic carbocycles. The van der Waals surface area contributed by atoms with Crippen LogP contribution in [0.3, 0.4) is 0 Å². The summed E-state index contributed by atoms with van der Waals surface area (Å²) >= 11 is 0. The number of rotatable bonds is 8. The number of azo groups is 1. The van der Waals surface area contributed by atoms with E-state index in [-0.39, 0.29) is 17.4 Å². The van der Waals surface area contributed by atoms with Crippen LogP contribution in [0.2, 0.25) is 0 Å². The first-order valence-corrected chi connectivity index (χ1v) is 15.0. The first kappa shape index (κ1) is 37.4. The van der Waals surface area contributed by atoms with E-state index >= 15 is 0 Å². The molecular weight excluding hydrogens is 672 g/mol. The van der Waals surface area contributed by atoms with Crippen molar-refractivity contribution in [3.05, 3.63) is 99.9 Å². The maximum atomic E-state index is 14.0. The molecule has 1 aliphatic heterocycles. The molecule has 0 aliphatic carbocycles. The number of anilines is 1. The smallest absolute Gasteiger partial charge is 0.369 e. The van der Waals surface area contributed by atoms with Crippen molar-refractivity contribution >= 4 is 11.6 Å². The van der Waals surface area contributed by atoms with Crippen LogP contribution in [-0.4, -0.2) is 49.0 Å². The third-order valence-corrected chi connectivity index (χ3v) is 8.13. The van der Waals surface area contributed by atoms with Gasteiger partial charge < -0.3 is 15.6 Å². The molecule has 1 fully saturated rings. The number of nitrogens with two attached hydrogens (primary N) is 1. The van der Waals surface area contributed by atoms with Crippen molar-refractivity contribution in [3.63, 3.8) is 0 Å². The fourth-order valence-electron chi connectivity index (χ4n) is 5.86.